The van der Waals surface area contributed by atoms with Crippen molar-refractivity contribution in [2.45, 2.75) is 0 Å². The van der Waals surface area contributed by atoms with Crippen LogP contribution in [0.5, 0.6) is 11.5 Å². The number of hydrogen-bond donors (Lipinski definition) is 4. The molecule has 8 heteroatoms. The third kappa shape index (κ3) is 6.03. The number of carbonyl (C=O) groups excluding carboxylic acids is 2. The Morgan fingerprint density at radius 2 is 1.55 bits per heavy atom. The molecule has 0 bridgehead atoms. The minimum absolute atomic E-state index is 0.00642. The van der Waals surface area contributed by atoms with Crippen LogP contribution in [-0.2, 0) is 4.79 Å². The van der Waals surface area contributed by atoms with Crippen LogP contribution in [0.15, 0.2) is 88.1 Å². The highest BCUT2D eigenvalue weighted by Gasteiger charge is 2.14. The molecule has 2 amide bonds. The first-order valence-electron chi connectivity index (χ1n) is 9.12. The van der Waals surface area contributed by atoms with Crippen molar-refractivity contribution in [3.63, 3.8) is 0 Å². The van der Waals surface area contributed by atoms with E-state index in [1.54, 1.807) is 42.5 Å². The number of benzene rings is 3. The third-order valence-corrected chi connectivity index (χ3v) is 4.69. The van der Waals surface area contributed by atoms with Gasteiger partial charge in [-0.05, 0) is 57.4 Å². The van der Waals surface area contributed by atoms with Gasteiger partial charge >= 0.3 is 0 Å². The molecule has 0 heterocycles. The van der Waals surface area contributed by atoms with E-state index in [9.17, 15) is 19.8 Å². The monoisotopic (exact) mass is 479 g/mol. The van der Waals surface area contributed by atoms with Crippen LogP contribution in [0.25, 0.3) is 6.08 Å². The summed E-state index contributed by atoms with van der Waals surface area (Å²) in [6, 6.07) is 20.4. The average molecular weight is 480 g/mol. The number of amides is 2. The number of aromatic hydroxyl groups is 2. The Balaban J connectivity index is 1.79. The van der Waals surface area contributed by atoms with Crippen molar-refractivity contribution in [2.75, 3.05) is 0 Å². The zero-order valence-corrected chi connectivity index (χ0v) is 17.7. The molecule has 0 saturated heterocycles. The highest BCUT2D eigenvalue weighted by Crippen LogP contribution is 2.33. The van der Waals surface area contributed by atoms with Gasteiger partial charge in [0.05, 0.1) is 10.7 Å². The molecule has 0 saturated carbocycles. The highest BCUT2D eigenvalue weighted by molar-refractivity contribution is 9.10. The minimum Gasteiger partial charge on any atom is -0.504 e. The number of carbonyl (C=O) groups is 2. The second kappa shape index (κ2) is 10.2. The number of hydrazone groups is 1. The summed E-state index contributed by atoms with van der Waals surface area (Å²) in [4.78, 5) is 25.2. The molecule has 3 aromatic rings. The predicted molar refractivity (Wildman–Crippen MR) is 122 cm³/mol. The maximum atomic E-state index is 12.7. The van der Waals surface area contributed by atoms with Crippen molar-refractivity contribution in [1.82, 2.24) is 10.7 Å². The fourth-order valence-electron chi connectivity index (χ4n) is 2.56. The van der Waals surface area contributed by atoms with Gasteiger partial charge in [0.1, 0.15) is 5.70 Å². The van der Waals surface area contributed by atoms with E-state index in [4.69, 9.17) is 0 Å². The van der Waals surface area contributed by atoms with Crippen LogP contribution < -0.4 is 10.7 Å². The standard InChI is InChI=1S/C23H18BrN3O4/c24-18-11-16(13-20(28)21(18)29)14-25-27-23(31)19(12-15-7-3-1-4-8-15)26-22(30)17-9-5-2-6-10-17/h1-14,28-29H,(H,26,30)(H,27,31)/b19-12-,25-14-. The molecular weight excluding hydrogens is 462 g/mol. The first-order chi connectivity index (χ1) is 14.9. The summed E-state index contributed by atoms with van der Waals surface area (Å²) in [5.41, 5.74) is 3.92. The lowest BCUT2D eigenvalue weighted by atomic mass is 10.1. The van der Waals surface area contributed by atoms with Crippen molar-refractivity contribution in [2.24, 2.45) is 5.10 Å². The molecule has 156 valence electrons. The molecule has 4 N–H and O–H groups in total. The van der Waals surface area contributed by atoms with Crippen molar-refractivity contribution in [3.8, 4) is 11.5 Å². The molecule has 0 radical (unpaired) electrons. The van der Waals surface area contributed by atoms with Gasteiger partial charge < -0.3 is 15.5 Å². The van der Waals surface area contributed by atoms with Crippen LogP contribution in [0.2, 0.25) is 0 Å². The number of phenolic OH excluding ortho intramolecular Hbond substituents is 2. The third-order valence-electron chi connectivity index (χ3n) is 4.08. The molecule has 0 aliphatic rings. The quantitative estimate of drug-likeness (QED) is 0.186. The number of nitrogens with zero attached hydrogens (tertiary/aromatic N) is 1. The van der Waals surface area contributed by atoms with Crippen LogP contribution >= 0.6 is 15.9 Å². The Morgan fingerprint density at radius 1 is 0.903 bits per heavy atom. The molecule has 7 nitrogen and oxygen atoms in total. The number of nitrogens with one attached hydrogen (secondary N) is 2. The molecule has 0 spiro atoms. The Morgan fingerprint density at radius 3 is 2.19 bits per heavy atom. The maximum absolute atomic E-state index is 12.7. The average Bonchev–Trinajstić information content (AvgIpc) is 2.78. The molecule has 31 heavy (non-hydrogen) atoms. The van der Waals surface area contributed by atoms with Gasteiger partial charge in [0.2, 0.25) is 0 Å². The summed E-state index contributed by atoms with van der Waals surface area (Å²) >= 11 is 3.11. The zero-order valence-electron chi connectivity index (χ0n) is 16.1. The van der Waals surface area contributed by atoms with Gasteiger partial charge in [0.15, 0.2) is 11.5 Å². The molecule has 0 unspecified atom stereocenters. The van der Waals surface area contributed by atoms with Gasteiger partial charge in [-0.2, -0.15) is 5.10 Å². The lowest BCUT2D eigenvalue weighted by Crippen LogP contribution is -2.32. The number of rotatable bonds is 6. The number of halogens is 1. The second-order valence-electron chi connectivity index (χ2n) is 6.36. The topological polar surface area (TPSA) is 111 Å². The summed E-state index contributed by atoms with van der Waals surface area (Å²) in [6.45, 7) is 0. The first kappa shape index (κ1) is 21.8. The molecule has 3 aromatic carbocycles. The summed E-state index contributed by atoms with van der Waals surface area (Å²) in [6.07, 6.45) is 2.83. The van der Waals surface area contributed by atoms with E-state index >= 15 is 0 Å². The highest BCUT2D eigenvalue weighted by atomic mass is 79.9. The SMILES string of the molecule is O=C(N/N=C\c1cc(O)c(O)c(Br)c1)/C(=C/c1ccccc1)NC(=O)c1ccccc1. The predicted octanol–water partition coefficient (Wildman–Crippen LogP) is 3.78. The van der Waals surface area contributed by atoms with Crippen molar-refractivity contribution in [1.29, 1.82) is 0 Å². The minimum atomic E-state index is -0.633. The molecule has 0 aliphatic carbocycles. The number of phenols is 2. The van der Waals surface area contributed by atoms with E-state index in [1.165, 1.54) is 24.4 Å². The summed E-state index contributed by atoms with van der Waals surface area (Å²) in [5, 5.41) is 25.7. The molecular formula is C23H18BrN3O4. The summed E-state index contributed by atoms with van der Waals surface area (Å²) < 4.78 is 0.278. The van der Waals surface area contributed by atoms with Crippen molar-refractivity contribution in [3.05, 3.63) is 99.7 Å². The van der Waals surface area contributed by atoms with Crippen molar-refractivity contribution >= 4 is 40.0 Å². The number of hydrogen-bond acceptors (Lipinski definition) is 5. The Hall–Kier alpha value is -3.91. The van der Waals surface area contributed by atoms with Gasteiger partial charge in [-0.3, -0.25) is 9.59 Å². The second-order valence-corrected chi connectivity index (χ2v) is 7.21. The zero-order chi connectivity index (χ0) is 22.2. The largest absolute Gasteiger partial charge is 0.504 e. The fraction of sp³-hybridized carbons (Fsp3) is 0. The molecule has 3 rings (SSSR count). The molecule has 0 atom stereocenters. The van der Waals surface area contributed by atoms with Gasteiger partial charge in [-0.1, -0.05) is 48.5 Å². The van der Waals surface area contributed by atoms with Gasteiger partial charge in [-0.15, -0.1) is 0 Å². The van der Waals surface area contributed by atoms with E-state index in [0.717, 1.165) is 5.56 Å². The van der Waals surface area contributed by atoms with E-state index in [-0.39, 0.29) is 21.7 Å². The summed E-state index contributed by atoms with van der Waals surface area (Å²) in [5.74, 6) is -1.69. The van der Waals surface area contributed by atoms with Crippen LogP contribution in [0.4, 0.5) is 0 Å². The Bertz CT molecular complexity index is 1120. The lowest BCUT2D eigenvalue weighted by Gasteiger charge is -2.09. The lowest BCUT2D eigenvalue weighted by molar-refractivity contribution is -0.117. The molecule has 0 fully saturated rings. The van der Waals surface area contributed by atoms with Gasteiger partial charge in [-0.25, -0.2) is 5.43 Å². The van der Waals surface area contributed by atoms with E-state index in [1.807, 2.05) is 18.2 Å². The van der Waals surface area contributed by atoms with Gasteiger partial charge in [0.25, 0.3) is 11.8 Å². The van der Waals surface area contributed by atoms with Crippen LogP contribution in [0.3, 0.4) is 0 Å². The van der Waals surface area contributed by atoms with E-state index in [0.29, 0.717) is 11.1 Å². The molecule has 0 aromatic heterocycles. The van der Waals surface area contributed by atoms with Gasteiger partial charge in [0, 0.05) is 5.56 Å². The van der Waals surface area contributed by atoms with E-state index in [2.05, 4.69) is 31.8 Å². The maximum Gasteiger partial charge on any atom is 0.287 e. The summed E-state index contributed by atoms with van der Waals surface area (Å²) in [7, 11) is 0. The Labute approximate surface area is 186 Å². The van der Waals surface area contributed by atoms with Crippen LogP contribution in [0, 0.1) is 0 Å². The van der Waals surface area contributed by atoms with E-state index < -0.39 is 11.8 Å². The fourth-order valence-corrected chi connectivity index (χ4v) is 3.03. The Kier molecular flexibility index (Phi) is 7.18. The molecule has 0 aliphatic heterocycles. The first-order valence-corrected chi connectivity index (χ1v) is 9.91. The van der Waals surface area contributed by atoms with Crippen LogP contribution in [0.1, 0.15) is 21.5 Å². The smallest absolute Gasteiger partial charge is 0.287 e. The normalized spacial score (nSPS) is 11.3. The van der Waals surface area contributed by atoms with Crippen molar-refractivity contribution < 1.29 is 19.8 Å². The van der Waals surface area contributed by atoms with Crippen LogP contribution in [-0.4, -0.2) is 28.2 Å².